The standard InChI is InChI=1S/C22H21N5O4S/c1-2-19(28)24-16-4-3-5-17(13-16)31-22(23)21-18(10-11-32-21)26-27-25-15-8-6-14(7-9-15)12-20(29)30/h2-11,13,23,25-27H,1,12H2,(H,24,28)(H,29,30). The van der Waals surface area contributed by atoms with E-state index in [1.54, 1.807) is 54.6 Å². The van der Waals surface area contributed by atoms with Gasteiger partial charge in [-0.3, -0.25) is 15.0 Å². The summed E-state index contributed by atoms with van der Waals surface area (Å²) in [7, 11) is 0. The van der Waals surface area contributed by atoms with Crippen LogP contribution in [-0.4, -0.2) is 22.9 Å². The summed E-state index contributed by atoms with van der Waals surface area (Å²) in [4.78, 5) is 22.8. The molecule has 3 rings (SSSR count). The number of hydrogen-bond acceptors (Lipinski definition) is 8. The lowest BCUT2D eigenvalue weighted by molar-refractivity contribution is -0.136. The van der Waals surface area contributed by atoms with Crippen LogP contribution < -0.4 is 26.4 Å². The van der Waals surface area contributed by atoms with Gasteiger partial charge in [0, 0.05) is 11.8 Å². The Hall–Kier alpha value is -4.15. The van der Waals surface area contributed by atoms with Crippen LogP contribution in [0, 0.1) is 5.41 Å². The zero-order chi connectivity index (χ0) is 22.9. The number of anilines is 3. The van der Waals surface area contributed by atoms with Gasteiger partial charge in [0.1, 0.15) is 10.6 Å². The zero-order valence-electron chi connectivity index (χ0n) is 16.8. The Morgan fingerprint density at radius 1 is 1.09 bits per heavy atom. The van der Waals surface area contributed by atoms with Gasteiger partial charge in [-0.1, -0.05) is 24.8 Å². The Morgan fingerprint density at radius 3 is 2.59 bits per heavy atom. The molecule has 0 aliphatic heterocycles. The summed E-state index contributed by atoms with van der Waals surface area (Å²) in [5.74, 6) is -0.872. The maximum absolute atomic E-state index is 11.5. The van der Waals surface area contributed by atoms with Gasteiger partial charge in [-0.2, -0.15) is 5.53 Å². The third kappa shape index (κ3) is 6.42. The molecule has 0 atom stereocenters. The molecule has 164 valence electrons. The van der Waals surface area contributed by atoms with Crippen molar-refractivity contribution < 1.29 is 19.4 Å². The quantitative estimate of drug-likeness (QED) is 0.119. The molecule has 0 saturated heterocycles. The Bertz CT molecular complexity index is 1130. The van der Waals surface area contributed by atoms with Crippen LogP contribution in [0.4, 0.5) is 17.1 Å². The summed E-state index contributed by atoms with van der Waals surface area (Å²) >= 11 is 1.33. The molecule has 3 aromatic rings. The SMILES string of the molecule is C=CC(=O)Nc1cccc(OC(=N)c2sccc2NNNc2ccc(CC(=O)O)cc2)c1. The minimum absolute atomic E-state index is 0.0319. The lowest BCUT2D eigenvalue weighted by Gasteiger charge is -2.13. The second-order valence-electron chi connectivity index (χ2n) is 6.46. The molecule has 0 radical (unpaired) electrons. The van der Waals surface area contributed by atoms with E-state index in [4.69, 9.17) is 15.3 Å². The van der Waals surface area contributed by atoms with Crippen LogP contribution in [0.15, 0.2) is 72.6 Å². The van der Waals surface area contributed by atoms with Gasteiger partial charge in [0.15, 0.2) is 0 Å². The molecule has 0 unspecified atom stereocenters. The van der Waals surface area contributed by atoms with E-state index in [0.29, 0.717) is 27.6 Å². The molecule has 2 aromatic carbocycles. The topological polar surface area (TPSA) is 136 Å². The lowest BCUT2D eigenvalue weighted by Crippen LogP contribution is -2.28. The summed E-state index contributed by atoms with van der Waals surface area (Å²) < 4.78 is 5.65. The zero-order valence-corrected chi connectivity index (χ0v) is 17.7. The predicted octanol–water partition coefficient (Wildman–Crippen LogP) is 3.85. The van der Waals surface area contributed by atoms with E-state index in [1.165, 1.54) is 17.4 Å². The number of nitrogens with one attached hydrogen (secondary N) is 5. The van der Waals surface area contributed by atoms with E-state index < -0.39 is 5.97 Å². The van der Waals surface area contributed by atoms with Crippen molar-refractivity contribution in [1.82, 2.24) is 5.53 Å². The molecular weight excluding hydrogens is 430 g/mol. The Morgan fingerprint density at radius 2 is 1.88 bits per heavy atom. The number of carboxylic acids is 1. The summed E-state index contributed by atoms with van der Waals surface area (Å²) in [6.07, 6.45) is 1.14. The number of amides is 1. The van der Waals surface area contributed by atoms with Crippen LogP contribution in [-0.2, 0) is 16.0 Å². The Kier molecular flexibility index (Phi) is 7.57. The first-order chi connectivity index (χ1) is 15.4. The highest BCUT2D eigenvalue weighted by Crippen LogP contribution is 2.25. The third-order valence-corrected chi connectivity index (χ3v) is 5.00. The average molecular weight is 452 g/mol. The number of hydrazine groups is 2. The normalized spacial score (nSPS) is 10.1. The fourth-order valence-corrected chi connectivity index (χ4v) is 3.36. The number of thiophene rings is 1. The molecule has 10 heteroatoms. The molecule has 0 spiro atoms. The molecule has 32 heavy (non-hydrogen) atoms. The maximum Gasteiger partial charge on any atom is 0.307 e. The van der Waals surface area contributed by atoms with Gasteiger partial charge >= 0.3 is 5.97 Å². The molecule has 0 fully saturated rings. The highest BCUT2D eigenvalue weighted by atomic mass is 32.1. The van der Waals surface area contributed by atoms with E-state index in [0.717, 1.165) is 5.69 Å². The molecule has 0 bridgehead atoms. The van der Waals surface area contributed by atoms with Crippen molar-refractivity contribution in [2.75, 3.05) is 16.2 Å². The number of carbonyl (C=O) groups is 2. The van der Waals surface area contributed by atoms with Crippen LogP contribution in [0.25, 0.3) is 0 Å². The third-order valence-electron chi connectivity index (χ3n) is 4.09. The van der Waals surface area contributed by atoms with Gasteiger partial charge in [-0.15, -0.1) is 11.3 Å². The molecule has 0 aliphatic rings. The second-order valence-corrected chi connectivity index (χ2v) is 7.37. The van der Waals surface area contributed by atoms with Gasteiger partial charge in [-0.05, 0) is 47.4 Å². The van der Waals surface area contributed by atoms with Gasteiger partial charge < -0.3 is 26.0 Å². The largest absolute Gasteiger partial charge is 0.481 e. The highest BCUT2D eigenvalue weighted by Gasteiger charge is 2.13. The fraction of sp³-hybridized carbons (Fsp3) is 0.0455. The average Bonchev–Trinajstić information content (AvgIpc) is 3.23. The highest BCUT2D eigenvalue weighted by molar-refractivity contribution is 7.12. The number of hydrogen-bond donors (Lipinski definition) is 6. The van der Waals surface area contributed by atoms with Crippen LogP contribution in [0.3, 0.4) is 0 Å². The van der Waals surface area contributed by atoms with E-state index in [9.17, 15) is 9.59 Å². The monoisotopic (exact) mass is 451 g/mol. The number of benzene rings is 2. The van der Waals surface area contributed by atoms with Crippen molar-refractivity contribution in [3.05, 3.63) is 83.1 Å². The lowest BCUT2D eigenvalue weighted by atomic mass is 10.1. The van der Waals surface area contributed by atoms with E-state index in [2.05, 4.69) is 28.3 Å². The minimum Gasteiger partial charge on any atom is -0.481 e. The van der Waals surface area contributed by atoms with Crippen molar-refractivity contribution in [2.24, 2.45) is 0 Å². The van der Waals surface area contributed by atoms with Crippen LogP contribution in [0.1, 0.15) is 10.4 Å². The van der Waals surface area contributed by atoms with Gasteiger partial charge in [0.05, 0.1) is 17.8 Å². The predicted molar refractivity (Wildman–Crippen MR) is 125 cm³/mol. The minimum atomic E-state index is -0.881. The van der Waals surface area contributed by atoms with Crippen LogP contribution in [0.2, 0.25) is 0 Å². The first-order valence-corrected chi connectivity index (χ1v) is 10.3. The van der Waals surface area contributed by atoms with E-state index >= 15 is 0 Å². The van der Waals surface area contributed by atoms with Crippen LogP contribution in [0.5, 0.6) is 5.75 Å². The number of carbonyl (C=O) groups excluding carboxylic acids is 1. The number of carboxylic acid groups (broad SMARTS) is 1. The summed E-state index contributed by atoms with van der Waals surface area (Å²) in [5, 5.41) is 21.6. The number of ether oxygens (including phenoxy) is 1. The molecule has 1 heterocycles. The molecule has 9 nitrogen and oxygen atoms in total. The van der Waals surface area contributed by atoms with Crippen molar-refractivity contribution in [3.8, 4) is 5.75 Å². The Labute approximate surface area is 188 Å². The van der Waals surface area contributed by atoms with Crippen LogP contribution >= 0.6 is 11.3 Å². The van der Waals surface area contributed by atoms with E-state index in [1.807, 2.05) is 5.38 Å². The first-order valence-electron chi connectivity index (χ1n) is 9.40. The summed E-state index contributed by atoms with van der Waals surface area (Å²) in [6.45, 7) is 3.41. The van der Waals surface area contributed by atoms with Crippen molar-refractivity contribution in [1.29, 1.82) is 5.41 Å². The molecule has 1 aromatic heterocycles. The number of aliphatic carboxylic acids is 1. The van der Waals surface area contributed by atoms with Gasteiger partial charge in [-0.25, -0.2) is 0 Å². The summed E-state index contributed by atoms with van der Waals surface area (Å²) in [6, 6.07) is 15.5. The molecule has 6 N–H and O–H groups in total. The van der Waals surface area contributed by atoms with E-state index in [-0.39, 0.29) is 18.2 Å². The van der Waals surface area contributed by atoms with Crippen molar-refractivity contribution in [3.63, 3.8) is 0 Å². The summed E-state index contributed by atoms with van der Waals surface area (Å²) in [5.41, 5.74) is 11.4. The maximum atomic E-state index is 11.5. The van der Waals surface area contributed by atoms with Crippen molar-refractivity contribution >= 4 is 46.2 Å². The second kappa shape index (κ2) is 10.8. The smallest absolute Gasteiger partial charge is 0.307 e. The first kappa shape index (κ1) is 22.5. The van der Waals surface area contributed by atoms with Gasteiger partial charge in [0.2, 0.25) is 11.8 Å². The van der Waals surface area contributed by atoms with Crippen molar-refractivity contribution in [2.45, 2.75) is 6.42 Å². The fourth-order valence-electron chi connectivity index (χ4n) is 2.63. The Balaban J connectivity index is 1.56. The molecule has 0 aliphatic carbocycles. The molecule has 0 saturated carbocycles. The van der Waals surface area contributed by atoms with Gasteiger partial charge in [0.25, 0.3) is 0 Å². The molecule has 1 amide bonds. The molecular formula is C22H21N5O4S. The number of rotatable bonds is 10.